The minimum Gasteiger partial charge on any atom is -0.352 e. The van der Waals surface area contributed by atoms with E-state index in [2.05, 4.69) is 56.4 Å². The number of carbonyl (C=O) groups excluding carboxylic acids is 1. The molecule has 2 saturated carbocycles. The van der Waals surface area contributed by atoms with Crippen LogP contribution in [0.15, 0.2) is 30.3 Å². The molecule has 0 aliphatic heterocycles. The fraction of sp³-hybridized carbons (Fsp3) is 0.650. The van der Waals surface area contributed by atoms with Crippen molar-refractivity contribution in [1.82, 2.24) is 5.32 Å². The number of hydrogen-bond donors (Lipinski definition) is 1. The fourth-order valence-corrected chi connectivity index (χ4v) is 4.22. The van der Waals surface area contributed by atoms with Gasteiger partial charge in [0.1, 0.15) is 0 Å². The van der Waals surface area contributed by atoms with Gasteiger partial charge in [-0.3, -0.25) is 4.79 Å². The van der Waals surface area contributed by atoms with Gasteiger partial charge < -0.3 is 5.32 Å². The first-order chi connectivity index (χ1) is 10.6. The van der Waals surface area contributed by atoms with Gasteiger partial charge in [-0.2, -0.15) is 0 Å². The number of amides is 1. The molecule has 1 N–H and O–H groups in total. The molecule has 1 amide bonds. The van der Waals surface area contributed by atoms with Gasteiger partial charge in [0.15, 0.2) is 0 Å². The Hall–Kier alpha value is -1.31. The first-order valence-electron chi connectivity index (χ1n) is 8.91. The minimum atomic E-state index is 0.223. The van der Waals surface area contributed by atoms with Crippen LogP contribution in [-0.2, 0) is 4.79 Å². The van der Waals surface area contributed by atoms with Crippen LogP contribution in [0.4, 0.5) is 0 Å². The van der Waals surface area contributed by atoms with Crippen LogP contribution in [0.2, 0.25) is 0 Å². The summed E-state index contributed by atoms with van der Waals surface area (Å²) in [6.45, 7) is 6.83. The maximum Gasteiger partial charge on any atom is 0.223 e. The second-order valence-electron chi connectivity index (χ2n) is 7.80. The van der Waals surface area contributed by atoms with Crippen molar-refractivity contribution in [1.29, 1.82) is 0 Å². The molecule has 0 aromatic heterocycles. The fourth-order valence-electron chi connectivity index (χ4n) is 4.22. The van der Waals surface area contributed by atoms with Gasteiger partial charge in [-0.25, -0.2) is 0 Å². The highest BCUT2D eigenvalue weighted by Gasteiger charge is 2.42. The average Bonchev–Trinajstić information content (AvgIpc) is 3.27. The standard InChI is InChI=1S/C20H29NO/c1-13(2)16-10-9-14(3)11-18(16)20(22)21-19-12-17(19)15-7-5-4-6-8-15/h4-8,13-14,16-19H,9-12H2,1-3H3,(H,21,22)/t14-,16+,17-,18-,19?/m1/s1. The van der Waals surface area contributed by atoms with E-state index < -0.39 is 0 Å². The second kappa shape index (κ2) is 6.44. The van der Waals surface area contributed by atoms with Crippen molar-refractivity contribution in [3.8, 4) is 0 Å². The lowest BCUT2D eigenvalue weighted by molar-refractivity contribution is -0.129. The summed E-state index contributed by atoms with van der Waals surface area (Å²) in [5.41, 5.74) is 1.37. The number of nitrogens with one attached hydrogen (secondary N) is 1. The molecule has 1 aromatic carbocycles. The first kappa shape index (κ1) is 15.6. The van der Waals surface area contributed by atoms with E-state index >= 15 is 0 Å². The summed E-state index contributed by atoms with van der Waals surface area (Å²) in [4.78, 5) is 12.8. The smallest absolute Gasteiger partial charge is 0.223 e. The van der Waals surface area contributed by atoms with Crippen molar-refractivity contribution in [2.24, 2.45) is 23.7 Å². The minimum absolute atomic E-state index is 0.223. The molecular formula is C20H29NO. The van der Waals surface area contributed by atoms with Gasteiger partial charge in [0.05, 0.1) is 0 Å². The van der Waals surface area contributed by atoms with Crippen molar-refractivity contribution in [3.63, 3.8) is 0 Å². The Kier molecular flexibility index (Phi) is 4.56. The summed E-state index contributed by atoms with van der Waals surface area (Å²) in [5, 5.41) is 3.34. The van der Waals surface area contributed by atoms with Crippen molar-refractivity contribution in [2.75, 3.05) is 0 Å². The molecule has 2 nitrogen and oxygen atoms in total. The number of benzene rings is 1. The highest BCUT2D eigenvalue weighted by Crippen LogP contribution is 2.42. The number of carbonyl (C=O) groups is 1. The first-order valence-corrected chi connectivity index (χ1v) is 8.91. The highest BCUT2D eigenvalue weighted by molar-refractivity contribution is 5.80. The van der Waals surface area contributed by atoms with E-state index in [1.165, 1.54) is 18.4 Å². The molecule has 2 heteroatoms. The third kappa shape index (κ3) is 3.37. The summed E-state index contributed by atoms with van der Waals surface area (Å²) < 4.78 is 0. The topological polar surface area (TPSA) is 29.1 Å². The lowest BCUT2D eigenvalue weighted by Gasteiger charge is -2.36. The van der Waals surface area contributed by atoms with Gasteiger partial charge in [-0.05, 0) is 42.6 Å². The van der Waals surface area contributed by atoms with Crippen LogP contribution in [-0.4, -0.2) is 11.9 Å². The summed E-state index contributed by atoms with van der Waals surface area (Å²) >= 11 is 0. The normalized spacial score (nSPS) is 34.5. The summed E-state index contributed by atoms with van der Waals surface area (Å²) in [6.07, 6.45) is 4.66. The van der Waals surface area contributed by atoms with E-state index in [-0.39, 0.29) is 5.92 Å². The molecule has 5 atom stereocenters. The molecule has 2 aliphatic rings. The van der Waals surface area contributed by atoms with Crippen LogP contribution in [0.3, 0.4) is 0 Å². The van der Waals surface area contributed by atoms with E-state index in [9.17, 15) is 4.79 Å². The van der Waals surface area contributed by atoms with Gasteiger partial charge in [-0.1, -0.05) is 57.5 Å². The molecule has 1 aromatic rings. The lowest BCUT2D eigenvalue weighted by atomic mass is 9.70. The molecule has 0 radical (unpaired) electrons. The van der Waals surface area contributed by atoms with E-state index in [1.54, 1.807) is 0 Å². The molecule has 0 saturated heterocycles. The predicted octanol–water partition coefficient (Wildman–Crippen LogP) is 4.37. The Morgan fingerprint density at radius 1 is 1.14 bits per heavy atom. The molecule has 120 valence electrons. The maximum atomic E-state index is 12.8. The van der Waals surface area contributed by atoms with E-state index in [4.69, 9.17) is 0 Å². The third-order valence-corrected chi connectivity index (χ3v) is 5.70. The van der Waals surface area contributed by atoms with Crippen molar-refractivity contribution < 1.29 is 4.79 Å². The molecule has 3 rings (SSSR count). The van der Waals surface area contributed by atoms with Crippen LogP contribution >= 0.6 is 0 Å². The Bertz CT molecular complexity index is 510. The summed E-state index contributed by atoms with van der Waals surface area (Å²) in [6, 6.07) is 10.9. The lowest BCUT2D eigenvalue weighted by Crippen LogP contribution is -2.41. The molecule has 22 heavy (non-hydrogen) atoms. The zero-order valence-electron chi connectivity index (χ0n) is 14.1. The van der Waals surface area contributed by atoms with Gasteiger partial charge in [-0.15, -0.1) is 0 Å². The number of rotatable bonds is 4. The number of hydrogen-bond acceptors (Lipinski definition) is 1. The highest BCUT2D eigenvalue weighted by atomic mass is 16.2. The average molecular weight is 299 g/mol. The molecular weight excluding hydrogens is 270 g/mol. The van der Waals surface area contributed by atoms with Gasteiger partial charge in [0, 0.05) is 17.9 Å². The Balaban J connectivity index is 1.59. The molecule has 0 heterocycles. The van der Waals surface area contributed by atoms with Crippen molar-refractivity contribution in [2.45, 2.75) is 58.4 Å². The third-order valence-electron chi connectivity index (χ3n) is 5.70. The van der Waals surface area contributed by atoms with Crippen molar-refractivity contribution >= 4 is 5.91 Å². The predicted molar refractivity (Wildman–Crippen MR) is 90.6 cm³/mol. The summed E-state index contributed by atoms with van der Waals surface area (Å²) in [5.74, 6) is 2.92. The van der Waals surface area contributed by atoms with E-state index in [0.29, 0.717) is 35.6 Å². The zero-order valence-corrected chi connectivity index (χ0v) is 14.1. The Labute approximate surface area is 134 Å². The van der Waals surface area contributed by atoms with Crippen molar-refractivity contribution in [3.05, 3.63) is 35.9 Å². The largest absolute Gasteiger partial charge is 0.352 e. The molecule has 0 spiro atoms. The van der Waals surface area contributed by atoms with Crippen LogP contribution < -0.4 is 5.32 Å². The molecule has 1 unspecified atom stereocenters. The van der Waals surface area contributed by atoms with Crippen LogP contribution in [0.5, 0.6) is 0 Å². The van der Waals surface area contributed by atoms with Crippen LogP contribution in [0, 0.1) is 23.7 Å². The second-order valence-corrected chi connectivity index (χ2v) is 7.80. The monoisotopic (exact) mass is 299 g/mol. The molecule has 2 fully saturated rings. The van der Waals surface area contributed by atoms with Gasteiger partial charge in [0.2, 0.25) is 5.91 Å². The molecule has 2 aliphatic carbocycles. The Morgan fingerprint density at radius 2 is 1.86 bits per heavy atom. The van der Waals surface area contributed by atoms with Crippen LogP contribution in [0.1, 0.15) is 57.9 Å². The van der Waals surface area contributed by atoms with Gasteiger partial charge in [0.25, 0.3) is 0 Å². The maximum absolute atomic E-state index is 12.8. The van der Waals surface area contributed by atoms with Gasteiger partial charge >= 0.3 is 0 Å². The molecule has 0 bridgehead atoms. The zero-order chi connectivity index (χ0) is 15.7. The van der Waals surface area contributed by atoms with Crippen LogP contribution in [0.25, 0.3) is 0 Å². The SMILES string of the molecule is CC(C)[C@@H]1CC[C@@H](C)C[C@H]1C(=O)NC1C[C@@H]1c1ccccc1. The Morgan fingerprint density at radius 3 is 2.55 bits per heavy atom. The summed E-state index contributed by atoms with van der Waals surface area (Å²) in [7, 11) is 0. The van der Waals surface area contributed by atoms with E-state index in [1.807, 2.05) is 0 Å². The quantitative estimate of drug-likeness (QED) is 0.879. The van der Waals surface area contributed by atoms with E-state index in [0.717, 1.165) is 12.8 Å².